The van der Waals surface area contributed by atoms with Crippen molar-refractivity contribution < 1.29 is 13.7 Å². The van der Waals surface area contributed by atoms with E-state index in [0.717, 1.165) is 22.6 Å². The molecule has 0 atom stereocenters. The third-order valence-corrected chi connectivity index (χ3v) is 4.93. The fourth-order valence-corrected chi connectivity index (χ4v) is 3.24. The van der Waals surface area contributed by atoms with E-state index in [9.17, 15) is 9.59 Å². The van der Waals surface area contributed by atoms with Crippen LogP contribution in [0.2, 0.25) is 0 Å². The zero-order chi connectivity index (χ0) is 21.6. The molecule has 3 heterocycles. The molecular weight excluding hydrogens is 360 g/mol. The minimum Gasteiger partial charge on any atom is -0.316 e. The van der Waals surface area contributed by atoms with Gasteiger partial charge in [0.25, 0.3) is 0 Å². The molecule has 3 aromatic heterocycles. The number of rotatable bonds is 4. The normalized spacial score (nSPS) is 12.4. The lowest BCUT2D eigenvalue weighted by molar-refractivity contribution is -0.116. The Labute approximate surface area is 163 Å². The van der Waals surface area contributed by atoms with Crippen LogP contribution in [0.15, 0.2) is 60.2 Å². The van der Waals surface area contributed by atoms with Gasteiger partial charge in [-0.15, -0.1) is 11.3 Å². The van der Waals surface area contributed by atoms with Crippen molar-refractivity contribution in [2.45, 2.75) is 6.92 Å². The van der Waals surface area contributed by atoms with E-state index in [1.165, 1.54) is 22.5 Å². The summed E-state index contributed by atoms with van der Waals surface area (Å²) >= 11 is 0.804. The molecule has 0 N–H and O–H groups in total. The largest absolute Gasteiger partial charge is 0.316 e. The van der Waals surface area contributed by atoms with Crippen LogP contribution in [0.4, 0.5) is 5.69 Å². The molecule has 0 fully saturated rings. The lowest BCUT2D eigenvalue weighted by Gasteiger charge is -2.16. The maximum Gasteiger partial charge on any atom is 0.223 e. The molecule has 1 amide bonds. The van der Waals surface area contributed by atoms with Gasteiger partial charge in [0.2, 0.25) is 11.7 Å². The summed E-state index contributed by atoms with van der Waals surface area (Å²) < 4.78 is 24.8. The van der Waals surface area contributed by atoms with Crippen molar-refractivity contribution in [2.24, 2.45) is 0 Å². The molecule has 4 rings (SSSR count). The molecule has 6 nitrogen and oxygen atoms in total. The molecule has 7 heteroatoms. The number of anilines is 1. The average Bonchev–Trinajstić information content (AvgIpc) is 3.29. The Morgan fingerprint density at radius 1 is 1.30 bits per heavy atom. The highest BCUT2D eigenvalue weighted by Crippen LogP contribution is 2.26. The molecule has 0 bridgehead atoms. The summed E-state index contributed by atoms with van der Waals surface area (Å²) in [5.41, 5.74) is 2.70. The van der Waals surface area contributed by atoms with Crippen LogP contribution in [-0.4, -0.2) is 33.3 Å². The maximum atomic E-state index is 13.0. The summed E-state index contributed by atoms with van der Waals surface area (Å²) in [5, 5.41) is 4.19. The molecule has 4 aromatic rings. The highest BCUT2D eigenvalue weighted by Gasteiger charge is 2.18. The topological polar surface area (TPSA) is 67.6 Å². The van der Waals surface area contributed by atoms with E-state index < -0.39 is 5.78 Å². The van der Waals surface area contributed by atoms with E-state index in [1.54, 1.807) is 19.3 Å². The van der Waals surface area contributed by atoms with Crippen LogP contribution in [0.1, 0.15) is 26.3 Å². The number of nitrogens with zero attached hydrogens (tertiary/aromatic N) is 4. The van der Waals surface area contributed by atoms with Gasteiger partial charge in [-0.05, 0) is 29.6 Å². The number of aromatic nitrogens is 3. The lowest BCUT2D eigenvalue weighted by atomic mass is 10.1. The highest BCUT2D eigenvalue weighted by atomic mass is 32.1. The van der Waals surface area contributed by atoms with E-state index in [2.05, 4.69) is 10.1 Å². The van der Waals surface area contributed by atoms with Crippen LogP contribution in [0, 0.1) is 0 Å². The van der Waals surface area contributed by atoms with Crippen molar-refractivity contribution in [1.29, 1.82) is 0 Å². The number of hydrogen-bond acceptors (Lipinski definition) is 5. The molecule has 0 spiro atoms. The standard InChI is InChI=1S/C20H16N4O2S/c1-13(25)23(2)15-6-3-5-14(11-15)17-8-9-21-20-16(12-22-24(17)20)19(26)18-7-4-10-27-18/h3-12H,1-2H3/i4D,7D,10D. The smallest absolute Gasteiger partial charge is 0.223 e. The zero-order valence-corrected chi connectivity index (χ0v) is 15.4. The minimum absolute atomic E-state index is 0.0252. The number of hydrogen-bond donors (Lipinski definition) is 0. The molecule has 0 aliphatic heterocycles. The highest BCUT2D eigenvalue weighted by molar-refractivity contribution is 7.12. The monoisotopic (exact) mass is 379 g/mol. The first kappa shape index (κ1) is 13.8. The number of fused-ring (bicyclic) bond motifs is 1. The second kappa shape index (κ2) is 6.77. The summed E-state index contributed by atoms with van der Waals surface area (Å²) in [7, 11) is 1.69. The number of carbonyl (C=O) groups is 2. The maximum absolute atomic E-state index is 13.0. The first-order valence-corrected chi connectivity index (χ1v) is 8.90. The predicted molar refractivity (Wildman–Crippen MR) is 105 cm³/mol. The van der Waals surface area contributed by atoms with E-state index in [0.29, 0.717) is 11.3 Å². The quantitative estimate of drug-likeness (QED) is 0.508. The second-order valence-electron chi connectivity index (χ2n) is 5.86. The molecule has 0 unspecified atom stereocenters. The van der Waals surface area contributed by atoms with Crippen molar-refractivity contribution in [1.82, 2.24) is 14.6 Å². The van der Waals surface area contributed by atoms with Crippen molar-refractivity contribution in [2.75, 3.05) is 11.9 Å². The summed E-state index contributed by atoms with van der Waals surface area (Å²) in [5.74, 6) is -0.578. The van der Waals surface area contributed by atoms with Gasteiger partial charge in [0.1, 0.15) is 0 Å². The summed E-state index contributed by atoms with van der Waals surface area (Å²) in [6.45, 7) is 1.48. The van der Waals surface area contributed by atoms with Gasteiger partial charge in [-0.25, -0.2) is 9.50 Å². The molecule has 0 aliphatic rings. The molecule has 0 aliphatic carbocycles. The molecule has 0 saturated carbocycles. The van der Waals surface area contributed by atoms with Crippen LogP contribution >= 0.6 is 11.3 Å². The Morgan fingerprint density at radius 2 is 2.15 bits per heavy atom. The lowest BCUT2D eigenvalue weighted by Crippen LogP contribution is -2.22. The van der Waals surface area contributed by atoms with Gasteiger partial charge >= 0.3 is 0 Å². The second-order valence-corrected chi connectivity index (χ2v) is 6.68. The number of thiophene rings is 1. The average molecular weight is 379 g/mol. The van der Waals surface area contributed by atoms with Crippen molar-refractivity contribution in [3.05, 3.63) is 70.6 Å². The molecule has 27 heavy (non-hydrogen) atoms. The van der Waals surface area contributed by atoms with Crippen molar-refractivity contribution >= 4 is 34.4 Å². The van der Waals surface area contributed by atoms with Crippen LogP contribution < -0.4 is 4.90 Å². The van der Waals surface area contributed by atoms with E-state index >= 15 is 0 Å². The minimum atomic E-state index is -0.485. The fourth-order valence-electron chi connectivity index (χ4n) is 2.74. The van der Waals surface area contributed by atoms with Crippen LogP contribution in [0.5, 0.6) is 0 Å². The van der Waals surface area contributed by atoms with Gasteiger partial charge in [-0.3, -0.25) is 9.59 Å². The van der Waals surface area contributed by atoms with E-state index in [1.807, 2.05) is 24.3 Å². The van der Waals surface area contributed by atoms with Crippen molar-refractivity contribution in [3.63, 3.8) is 0 Å². The molecular formula is C20H16N4O2S. The fraction of sp³-hybridized carbons (Fsp3) is 0.100. The molecule has 1 aromatic carbocycles. The van der Waals surface area contributed by atoms with Gasteiger partial charge in [-0.1, -0.05) is 18.2 Å². The Bertz CT molecular complexity index is 1310. The van der Waals surface area contributed by atoms with Gasteiger partial charge < -0.3 is 4.90 Å². The third kappa shape index (κ3) is 3.02. The summed E-state index contributed by atoms with van der Waals surface area (Å²) in [6.07, 6.45) is 2.94. The van der Waals surface area contributed by atoms with Crippen LogP contribution in [0.25, 0.3) is 16.9 Å². The molecule has 134 valence electrons. The Kier molecular flexibility index (Phi) is 3.47. The first-order valence-electron chi connectivity index (χ1n) is 9.58. The number of benzene rings is 1. The van der Waals surface area contributed by atoms with Gasteiger partial charge in [-0.2, -0.15) is 5.10 Å². The number of amides is 1. The summed E-state index contributed by atoms with van der Waals surface area (Å²) in [6, 6.07) is 8.60. The predicted octanol–water partition coefficient (Wildman–Crippen LogP) is 3.67. The van der Waals surface area contributed by atoms with Gasteiger partial charge in [0, 0.05) is 31.4 Å². The van der Waals surface area contributed by atoms with E-state index in [4.69, 9.17) is 4.11 Å². The Balaban J connectivity index is 1.82. The van der Waals surface area contributed by atoms with Crippen LogP contribution in [-0.2, 0) is 4.79 Å². The van der Waals surface area contributed by atoms with Gasteiger partial charge in [0.15, 0.2) is 5.65 Å². The number of carbonyl (C=O) groups excluding carboxylic acids is 2. The first-order chi connectivity index (χ1) is 14.3. The third-order valence-electron chi connectivity index (χ3n) is 4.23. The molecule has 0 saturated heterocycles. The van der Waals surface area contributed by atoms with Gasteiger partial charge in [0.05, 0.1) is 26.4 Å². The Hall–Kier alpha value is -3.32. The van der Waals surface area contributed by atoms with Crippen molar-refractivity contribution in [3.8, 4) is 11.3 Å². The molecule has 0 radical (unpaired) electrons. The SMILES string of the molecule is [2H]c1sc(C(=O)c2cnn3c(-c4cccc(N(C)C(C)=O)c4)ccnc23)c([2H])c1[2H]. The Morgan fingerprint density at radius 3 is 2.89 bits per heavy atom. The summed E-state index contributed by atoms with van der Waals surface area (Å²) in [4.78, 5) is 30.5. The van der Waals surface area contributed by atoms with E-state index in [-0.39, 0.29) is 33.8 Å². The zero-order valence-electron chi connectivity index (χ0n) is 17.6. The van der Waals surface area contributed by atoms with Crippen LogP contribution in [0.3, 0.4) is 0 Å². The number of ketones is 1.